The van der Waals surface area contributed by atoms with Gasteiger partial charge in [-0.05, 0) is 32.8 Å². The molecule has 1 heterocycles. The van der Waals surface area contributed by atoms with Crippen LogP contribution in [0.15, 0.2) is 11.1 Å². The number of nitrogens with one attached hydrogen (secondary N) is 1. The molecule has 13 heavy (non-hydrogen) atoms. The van der Waals surface area contributed by atoms with Crippen LogP contribution >= 0.6 is 11.6 Å². The molecule has 0 bridgehead atoms. The van der Waals surface area contributed by atoms with E-state index in [1.54, 1.807) is 5.54 Å². The van der Waals surface area contributed by atoms with Crippen molar-refractivity contribution in [2.75, 3.05) is 13.2 Å². The Bertz CT molecular complexity index is 201. The van der Waals surface area contributed by atoms with Crippen molar-refractivity contribution >= 4 is 11.6 Å². The van der Waals surface area contributed by atoms with E-state index in [4.69, 9.17) is 16.3 Å². The Morgan fingerprint density at radius 3 is 2.85 bits per heavy atom. The normalized spacial score (nSPS) is 28.0. The smallest absolute Gasteiger partial charge is 0.0643 e. The average molecular weight is 204 g/mol. The Kier molecular flexibility index (Phi) is 3.77. The van der Waals surface area contributed by atoms with E-state index in [0.717, 1.165) is 25.1 Å². The topological polar surface area (TPSA) is 21.3 Å². The lowest BCUT2D eigenvalue weighted by molar-refractivity contribution is 0.0357. The van der Waals surface area contributed by atoms with Crippen LogP contribution in [0.2, 0.25) is 0 Å². The maximum atomic E-state index is 5.60. The number of ether oxygens (including phenoxy) is 1. The van der Waals surface area contributed by atoms with Gasteiger partial charge < -0.3 is 10.1 Å². The molecule has 0 saturated carbocycles. The highest BCUT2D eigenvalue weighted by Crippen LogP contribution is 2.24. The quantitative estimate of drug-likeness (QED) is 0.760. The van der Waals surface area contributed by atoms with Crippen molar-refractivity contribution in [1.29, 1.82) is 0 Å². The van der Waals surface area contributed by atoms with Crippen molar-refractivity contribution < 1.29 is 4.74 Å². The molecule has 0 aromatic heterocycles. The molecule has 0 spiro atoms. The summed E-state index contributed by atoms with van der Waals surface area (Å²) in [7, 11) is 0. The molecule has 2 nitrogen and oxygen atoms in total. The summed E-state index contributed by atoms with van der Waals surface area (Å²) in [6.45, 7) is 7.93. The fourth-order valence-corrected chi connectivity index (χ4v) is 1.59. The van der Waals surface area contributed by atoms with Crippen LogP contribution in [0.4, 0.5) is 0 Å². The number of rotatable bonds is 3. The lowest BCUT2D eigenvalue weighted by atomic mass is 10.0. The third-order valence-corrected chi connectivity index (χ3v) is 2.64. The minimum absolute atomic E-state index is 0.0379. The van der Waals surface area contributed by atoms with Gasteiger partial charge in [-0.25, -0.2) is 0 Å². The van der Waals surface area contributed by atoms with Crippen LogP contribution in [0.3, 0.4) is 0 Å². The number of hydrogen-bond acceptors (Lipinski definition) is 2. The zero-order valence-corrected chi connectivity index (χ0v) is 9.32. The van der Waals surface area contributed by atoms with Gasteiger partial charge in [0.1, 0.15) is 0 Å². The second-order valence-electron chi connectivity index (χ2n) is 4.31. The fraction of sp³-hybridized carbons (Fsp3) is 0.800. The van der Waals surface area contributed by atoms with E-state index >= 15 is 0 Å². The van der Waals surface area contributed by atoms with Gasteiger partial charge in [0.15, 0.2) is 0 Å². The molecule has 1 rings (SSSR count). The van der Waals surface area contributed by atoms with Crippen LogP contribution in [0.5, 0.6) is 0 Å². The number of hydrogen-bond donors (Lipinski definition) is 1. The molecule has 1 unspecified atom stereocenters. The first-order valence-electron chi connectivity index (χ1n) is 4.67. The zero-order valence-electron chi connectivity index (χ0n) is 8.56. The molecule has 0 aliphatic carbocycles. The third-order valence-electron chi connectivity index (χ3n) is 2.27. The van der Waals surface area contributed by atoms with E-state index in [-0.39, 0.29) is 5.60 Å². The zero-order chi connectivity index (χ0) is 9.90. The fourth-order valence-electron chi connectivity index (χ4n) is 1.51. The monoisotopic (exact) mass is 203 g/mol. The van der Waals surface area contributed by atoms with E-state index in [1.165, 1.54) is 0 Å². The van der Waals surface area contributed by atoms with E-state index in [2.05, 4.69) is 19.2 Å². The van der Waals surface area contributed by atoms with Gasteiger partial charge in [-0.15, -0.1) is 0 Å². The van der Waals surface area contributed by atoms with Crippen molar-refractivity contribution in [3.05, 3.63) is 11.1 Å². The average Bonchev–Trinajstić information content (AvgIpc) is 2.41. The molecule has 1 aliphatic rings. The Labute approximate surface area is 85.3 Å². The summed E-state index contributed by atoms with van der Waals surface area (Å²) in [5.74, 6) is 0. The van der Waals surface area contributed by atoms with E-state index in [1.807, 2.05) is 6.92 Å². The summed E-state index contributed by atoms with van der Waals surface area (Å²) in [6, 6.07) is 0.474. The molecule has 0 radical (unpaired) electrons. The van der Waals surface area contributed by atoms with Crippen LogP contribution in [0.1, 0.15) is 27.2 Å². The van der Waals surface area contributed by atoms with Crippen molar-refractivity contribution in [2.24, 2.45) is 0 Å². The van der Waals surface area contributed by atoms with Crippen LogP contribution in [-0.4, -0.2) is 24.8 Å². The summed E-state index contributed by atoms with van der Waals surface area (Å²) < 4.78 is 5.60. The van der Waals surface area contributed by atoms with Crippen molar-refractivity contribution in [1.82, 2.24) is 5.32 Å². The van der Waals surface area contributed by atoms with Crippen LogP contribution in [0.25, 0.3) is 0 Å². The molecule has 1 aliphatic heterocycles. The van der Waals surface area contributed by atoms with Gasteiger partial charge >= 0.3 is 0 Å². The van der Waals surface area contributed by atoms with Gasteiger partial charge in [0, 0.05) is 18.1 Å². The molecule has 1 atom stereocenters. The predicted molar refractivity (Wildman–Crippen MR) is 56.0 cm³/mol. The van der Waals surface area contributed by atoms with Gasteiger partial charge in [0.2, 0.25) is 0 Å². The van der Waals surface area contributed by atoms with Crippen LogP contribution in [-0.2, 0) is 4.74 Å². The lowest BCUT2D eigenvalue weighted by Crippen LogP contribution is -2.31. The van der Waals surface area contributed by atoms with Crippen molar-refractivity contribution in [3.8, 4) is 0 Å². The summed E-state index contributed by atoms with van der Waals surface area (Å²) >= 11 is 5.56. The highest BCUT2D eigenvalue weighted by atomic mass is 35.5. The molecule has 1 N–H and O–H groups in total. The van der Waals surface area contributed by atoms with E-state index in [9.17, 15) is 0 Å². The Balaban J connectivity index is 2.25. The molecule has 76 valence electrons. The predicted octanol–water partition coefficient (Wildman–Crippen LogP) is 2.29. The highest BCUT2D eigenvalue weighted by Gasteiger charge is 2.31. The molecule has 0 amide bonds. The molecular weight excluding hydrogens is 186 g/mol. The molecule has 0 aromatic rings. The second-order valence-corrected chi connectivity index (χ2v) is 4.53. The largest absolute Gasteiger partial charge is 0.374 e. The van der Waals surface area contributed by atoms with E-state index < -0.39 is 0 Å². The summed E-state index contributed by atoms with van der Waals surface area (Å²) in [5, 5.41) is 3.41. The standard InChI is InChI=1S/C10H18ClNO/c1-8(5-11)6-12-9-4-10(2,3)13-7-9/h5,9,12H,4,6-7H2,1-3H3/b8-5+. The Morgan fingerprint density at radius 2 is 2.38 bits per heavy atom. The molecule has 0 aromatic carbocycles. The van der Waals surface area contributed by atoms with Gasteiger partial charge in [-0.3, -0.25) is 0 Å². The maximum absolute atomic E-state index is 5.60. The van der Waals surface area contributed by atoms with Crippen LogP contribution < -0.4 is 5.32 Å². The SMILES string of the molecule is C/C(=C\Cl)CNC1COC(C)(C)C1. The summed E-state index contributed by atoms with van der Waals surface area (Å²) in [4.78, 5) is 0. The van der Waals surface area contributed by atoms with Gasteiger partial charge in [-0.2, -0.15) is 0 Å². The summed E-state index contributed by atoms with van der Waals surface area (Å²) in [5.41, 5.74) is 2.82. The molecular formula is C10H18ClNO. The molecule has 1 fully saturated rings. The third kappa shape index (κ3) is 3.67. The molecule has 1 saturated heterocycles. The molecule has 3 heteroatoms. The lowest BCUT2D eigenvalue weighted by Gasteiger charge is -2.16. The van der Waals surface area contributed by atoms with E-state index in [0.29, 0.717) is 6.04 Å². The van der Waals surface area contributed by atoms with Crippen LogP contribution in [0, 0.1) is 0 Å². The van der Waals surface area contributed by atoms with Gasteiger partial charge in [-0.1, -0.05) is 11.6 Å². The van der Waals surface area contributed by atoms with Gasteiger partial charge in [0.05, 0.1) is 12.2 Å². The highest BCUT2D eigenvalue weighted by molar-refractivity contribution is 6.25. The first kappa shape index (κ1) is 11.0. The second kappa shape index (κ2) is 4.45. The summed E-state index contributed by atoms with van der Waals surface area (Å²) in [6.07, 6.45) is 1.07. The Hall–Kier alpha value is -0.0500. The first-order valence-corrected chi connectivity index (χ1v) is 5.10. The minimum atomic E-state index is 0.0379. The Morgan fingerprint density at radius 1 is 1.69 bits per heavy atom. The first-order chi connectivity index (χ1) is 6.03. The number of halogens is 1. The minimum Gasteiger partial charge on any atom is -0.374 e. The maximum Gasteiger partial charge on any atom is 0.0643 e. The van der Waals surface area contributed by atoms with Crippen molar-refractivity contribution in [3.63, 3.8) is 0 Å². The van der Waals surface area contributed by atoms with Crippen molar-refractivity contribution in [2.45, 2.75) is 38.8 Å². The van der Waals surface area contributed by atoms with Gasteiger partial charge in [0.25, 0.3) is 0 Å².